The smallest absolute Gasteiger partial charge is 0.345 e. The molecule has 0 amide bonds. The highest BCUT2D eigenvalue weighted by atomic mass is 32.1. The van der Waals surface area contributed by atoms with Crippen LogP contribution in [0.3, 0.4) is 0 Å². The first-order chi connectivity index (χ1) is 10.7. The molecule has 4 heteroatoms. The van der Waals surface area contributed by atoms with Gasteiger partial charge in [-0.1, -0.05) is 48.5 Å². The van der Waals surface area contributed by atoms with Crippen LogP contribution in [0.5, 0.6) is 0 Å². The Bertz CT molecular complexity index is 753. The van der Waals surface area contributed by atoms with Crippen LogP contribution in [0.2, 0.25) is 0 Å². The van der Waals surface area contributed by atoms with Gasteiger partial charge in [-0.2, -0.15) is 0 Å². The molecule has 0 unspecified atom stereocenters. The molecule has 0 bridgehead atoms. The number of benzene rings is 2. The van der Waals surface area contributed by atoms with Gasteiger partial charge in [-0.3, -0.25) is 0 Å². The number of anilines is 2. The number of carboxylic acid groups (broad SMARTS) is 1. The maximum Gasteiger partial charge on any atom is 0.345 e. The van der Waals surface area contributed by atoms with Crippen molar-refractivity contribution in [2.45, 2.75) is 6.54 Å². The number of carbonyl (C=O) groups is 1. The van der Waals surface area contributed by atoms with Crippen molar-refractivity contribution < 1.29 is 9.90 Å². The lowest BCUT2D eigenvalue weighted by Gasteiger charge is -2.23. The molecule has 22 heavy (non-hydrogen) atoms. The van der Waals surface area contributed by atoms with Gasteiger partial charge in [-0.05, 0) is 29.8 Å². The zero-order chi connectivity index (χ0) is 15.4. The van der Waals surface area contributed by atoms with E-state index < -0.39 is 5.97 Å². The lowest BCUT2D eigenvalue weighted by Crippen LogP contribution is -2.15. The largest absolute Gasteiger partial charge is 0.477 e. The molecule has 1 N–H and O–H groups in total. The van der Waals surface area contributed by atoms with E-state index in [2.05, 4.69) is 17.0 Å². The van der Waals surface area contributed by atoms with E-state index in [0.717, 1.165) is 10.7 Å². The van der Waals surface area contributed by atoms with Crippen molar-refractivity contribution in [3.63, 3.8) is 0 Å². The Labute approximate surface area is 133 Å². The van der Waals surface area contributed by atoms with E-state index in [4.69, 9.17) is 5.11 Å². The van der Waals surface area contributed by atoms with Gasteiger partial charge in [0.25, 0.3) is 0 Å². The van der Waals surface area contributed by atoms with Crippen LogP contribution in [-0.2, 0) is 6.54 Å². The highest BCUT2D eigenvalue weighted by molar-refractivity contribution is 7.17. The van der Waals surface area contributed by atoms with Gasteiger partial charge in [-0.15, -0.1) is 11.3 Å². The Morgan fingerprint density at radius 1 is 0.909 bits per heavy atom. The zero-order valence-corrected chi connectivity index (χ0v) is 12.7. The second-order valence-electron chi connectivity index (χ2n) is 4.85. The summed E-state index contributed by atoms with van der Waals surface area (Å²) in [6.07, 6.45) is 0. The van der Waals surface area contributed by atoms with E-state index in [9.17, 15) is 4.79 Å². The van der Waals surface area contributed by atoms with E-state index in [-0.39, 0.29) is 0 Å². The van der Waals surface area contributed by atoms with Crippen LogP contribution in [0.15, 0.2) is 72.8 Å². The molecule has 0 radical (unpaired) electrons. The van der Waals surface area contributed by atoms with Gasteiger partial charge in [0.05, 0.1) is 5.00 Å². The molecule has 1 aromatic heterocycles. The van der Waals surface area contributed by atoms with E-state index >= 15 is 0 Å². The van der Waals surface area contributed by atoms with Gasteiger partial charge >= 0.3 is 5.97 Å². The van der Waals surface area contributed by atoms with E-state index in [0.29, 0.717) is 11.4 Å². The fourth-order valence-electron chi connectivity index (χ4n) is 2.26. The number of aromatic carboxylic acids is 1. The van der Waals surface area contributed by atoms with Crippen LogP contribution in [0.4, 0.5) is 10.7 Å². The highest BCUT2D eigenvalue weighted by Crippen LogP contribution is 2.33. The van der Waals surface area contributed by atoms with E-state index in [1.807, 2.05) is 54.6 Å². The van der Waals surface area contributed by atoms with Crippen molar-refractivity contribution in [2.75, 3.05) is 4.90 Å². The lowest BCUT2D eigenvalue weighted by atomic mass is 10.2. The van der Waals surface area contributed by atoms with Crippen molar-refractivity contribution in [1.82, 2.24) is 0 Å². The Morgan fingerprint density at radius 2 is 1.55 bits per heavy atom. The SMILES string of the molecule is O=C(O)c1ccc(N(Cc2ccccc2)c2ccccc2)s1. The van der Waals surface area contributed by atoms with Crippen LogP contribution < -0.4 is 4.90 Å². The molecule has 0 spiro atoms. The first-order valence-electron chi connectivity index (χ1n) is 6.94. The second kappa shape index (κ2) is 6.45. The van der Waals surface area contributed by atoms with Gasteiger partial charge in [0.15, 0.2) is 0 Å². The third-order valence-corrected chi connectivity index (χ3v) is 4.42. The number of carboxylic acids is 1. The van der Waals surface area contributed by atoms with Crippen LogP contribution in [0.1, 0.15) is 15.2 Å². The number of rotatable bonds is 5. The Kier molecular flexibility index (Phi) is 4.21. The molecule has 110 valence electrons. The summed E-state index contributed by atoms with van der Waals surface area (Å²) < 4.78 is 0. The molecular weight excluding hydrogens is 294 g/mol. The van der Waals surface area contributed by atoms with Crippen molar-refractivity contribution in [3.8, 4) is 0 Å². The van der Waals surface area contributed by atoms with Crippen LogP contribution >= 0.6 is 11.3 Å². The van der Waals surface area contributed by atoms with Gasteiger partial charge in [0.2, 0.25) is 0 Å². The van der Waals surface area contributed by atoms with Crippen molar-refractivity contribution in [1.29, 1.82) is 0 Å². The summed E-state index contributed by atoms with van der Waals surface area (Å²) in [6, 6.07) is 23.7. The minimum absolute atomic E-state index is 0.351. The summed E-state index contributed by atoms with van der Waals surface area (Å²) in [4.78, 5) is 13.6. The van der Waals surface area contributed by atoms with E-state index in [1.54, 1.807) is 6.07 Å². The zero-order valence-electron chi connectivity index (χ0n) is 11.8. The molecule has 0 aliphatic rings. The number of nitrogens with zero attached hydrogens (tertiary/aromatic N) is 1. The Balaban J connectivity index is 1.97. The Hall–Kier alpha value is -2.59. The summed E-state index contributed by atoms with van der Waals surface area (Å²) in [5.41, 5.74) is 2.22. The molecule has 0 aliphatic heterocycles. The molecule has 3 nitrogen and oxygen atoms in total. The quantitative estimate of drug-likeness (QED) is 0.737. The average Bonchev–Trinajstić information content (AvgIpc) is 3.04. The number of hydrogen-bond donors (Lipinski definition) is 1. The highest BCUT2D eigenvalue weighted by Gasteiger charge is 2.14. The molecule has 0 fully saturated rings. The average molecular weight is 309 g/mol. The molecule has 0 aliphatic carbocycles. The maximum atomic E-state index is 11.1. The van der Waals surface area contributed by atoms with E-state index in [1.165, 1.54) is 16.9 Å². The molecule has 3 rings (SSSR count). The Morgan fingerprint density at radius 3 is 2.14 bits per heavy atom. The normalized spacial score (nSPS) is 10.4. The predicted octanol–water partition coefficient (Wildman–Crippen LogP) is 4.78. The summed E-state index contributed by atoms with van der Waals surface area (Å²) in [7, 11) is 0. The maximum absolute atomic E-state index is 11.1. The third kappa shape index (κ3) is 3.18. The first kappa shape index (κ1) is 14.4. The predicted molar refractivity (Wildman–Crippen MR) is 90.0 cm³/mol. The van der Waals surface area contributed by atoms with Crippen molar-refractivity contribution in [2.24, 2.45) is 0 Å². The minimum atomic E-state index is -0.885. The first-order valence-corrected chi connectivity index (χ1v) is 7.75. The van der Waals surface area contributed by atoms with Gasteiger partial charge < -0.3 is 10.0 Å². The third-order valence-electron chi connectivity index (χ3n) is 3.32. The number of para-hydroxylation sites is 1. The number of thiophene rings is 1. The number of hydrogen-bond acceptors (Lipinski definition) is 3. The molecule has 0 saturated carbocycles. The summed E-state index contributed by atoms with van der Waals surface area (Å²) in [5.74, 6) is -0.885. The molecule has 2 aromatic carbocycles. The molecule has 0 atom stereocenters. The summed E-state index contributed by atoms with van der Waals surface area (Å²) >= 11 is 1.29. The molecular formula is C18H15NO2S. The fourth-order valence-corrected chi connectivity index (χ4v) is 3.12. The van der Waals surface area contributed by atoms with Crippen LogP contribution in [-0.4, -0.2) is 11.1 Å². The van der Waals surface area contributed by atoms with Crippen LogP contribution in [0.25, 0.3) is 0 Å². The lowest BCUT2D eigenvalue weighted by molar-refractivity contribution is 0.0702. The van der Waals surface area contributed by atoms with Crippen molar-refractivity contribution in [3.05, 3.63) is 83.2 Å². The second-order valence-corrected chi connectivity index (χ2v) is 5.91. The minimum Gasteiger partial charge on any atom is -0.477 e. The topological polar surface area (TPSA) is 40.5 Å². The van der Waals surface area contributed by atoms with Gasteiger partial charge in [0.1, 0.15) is 4.88 Å². The fraction of sp³-hybridized carbons (Fsp3) is 0.0556. The molecule has 1 heterocycles. The standard InChI is InChI=1S/C18H15NO2S/c20-18(21)16-11-12-17(22-16)19(15-9-5-2-6-10-15)13-14-7-3-1-4-8-14/h1-12H,13H2,(H,20,21). The van der Waals surface area contributed by atoms with Crippen LogP contribution in [0, 0.1) is 0 Å². The van der Waals surface area contributed by atoms with Crippen molar-refractivity contribution >= 4 is 28.0 Å². The monoisotopic (exact) mass is 309 g/mol. The van der Waals surface area contributed by atoms with Gasteiger partial charge in [0, 0.05) is 12.2 Å². The summed E-state index contributed by atoms with van der Waals surface area (Å²) in [6.45, 7) is 0.699. The molecule has 3 aromatic rings. The summed E-state index contributed by atoms with van der Waals surface area (Å²) in [5, 5.41) is 10.1. The van der Waals surface area contributed by atoms with Gasteiger partial charge in [-0.25, -0.2) is 4.79 Å². The molecule has 0 saturated heterocycles.